The van der Waals surface area contributed by atoms with Gasteiger partial charge < -0.3 is 5.73 Å². The minimum atomic E-state index is -0.370. The van der Waals surface area contributed by atoms with E-state index in [2.05, 4.69) is 11.8 Å². The van der Waals surface area contributed by atoms with Crippen molar-refractivity contribution in [3.8, 4) is 0 Å². The van der Waals surface area contributed by atoms with Crippen LogP contribution in [-0.2, 0) is 0 Å². The maximum absolute atomic E-state index is 13.3. The molecule has 1 fully saturated rings. The Hall–Kier alpha value is -0.640. The van der Waals surface area contributed by atoms with E-state index >= 15 is 0 Å². The summed E-state index contributed by atoms with van der Waals surface area (Å²) in [5, 5.41) is 0.179. The molecule has 106 valence electrons. The summed E-state index contributed by atoms with van der Waals surface area (Å²) in [4.78, 5) is 2.44. The summed E-state index contributed by atoms with van der Waals surface area (Å²) < 4.78 is 13.3. The van der Waals surface area contributed by atoms with Crippen molar-refractivity contribution < 1.29 is 4.39 Å². The highest BCUT2D eigenvalue weighted by molar-refractivity contribution is 6.30. The number of hydrogen-bond donors (Lipinski definition) is 1. The van der Waals surface area contributed by atoms with Crippen molar-refractivity contribution in [1.82, 2.24) is 4.90 Å². The van der Waals surface area contributed by atoms with Gasteiger partial charge in [0.25, 0.3) is 0 Å². The number of hydrogen-bond acceptors (Lipinski definition) is 2. The molecule has 2 atom stereocenters. The first-order valence-corrected chi connectivity index (χ1v) is 7.42. The number of likely N-dealkylation sites (tertiary alicyclic amines) is 1. The molecule has 2 rings (SSSR count). The molecule has 2 unspecified atom stereocenters. The third-order valence-electron chi connectivity index (χ3n) is 4.06. The Balaban J connectivity index is 2.24. The number of rotatable bonds is 3. The summed E-state index contributed by atoms with van der Waals surface area (Å²) in [5.41, 5.74) is 6.97. The summed E-state index contributed by atoms with van der Waals surface area (Å²) in [6, 6.07) is 5.59. The zero-order chi connectivity index (χ0) is 13.8. The third-order valence-corrected chi connectivity index (χ3v) is 4.35. The monoisotopic (exact) mass is 284 g/mol. The first-order valence-electron chi connectivity index (χ1n) is 7.04. The van der Waals surface area contributed by atoms with Crippen LogP contribution in [0.1, 0.15) is 44.2 Å². The molecule has 4 heteroatoms. The highest BCUT2D eigenvalue weighted by Gasteiger charge is 2.25. The molecular weight excluding hydrogens is 263 g/mol. The van der Waals surface area contributed by atoms with Gasteiger partial charge in [0.1, 0.15) is 5.82 Å². The molecule has 2 nitrogen and oxygen atoms in total. The Kier molecular flexibility index (Phi) is 5.20. The molecule has 0 spiro atoms. The van der Waals surface area contributed by atoms with Crippen LogP contribution >= 0.6 is 11.6 Å². The maximum atomic E-state index is 13.3. The van der Waals surface area contributed by atoms with Gasteiger partial charge in [-0.1, -0.05) is 30.5 Å². The van der Waals surface area contributed by atoms with Gasteiger partial charge in [0.15, 0.2) is 0 Å². The van der Waals surface area contributed by atoms with Crippen LogP contribution in [0.2, 0.25) is 5.02 Å². The molecule has 1 heterocycles. The van der Waals surface area contributed by atoms with Crippen molar-refractivity contribution in [3.05, 3.63) is 34.6 Å². The van der Waals surface area contributed by atoms with Gasteiger partial charge in [0.2, 0.25) is 0 Å². The van der Waals surface area contributed by atoms with Crippen molar-refractivity contribution in [1.29, 1.82) is 0 Å². The molecule has 0 saturated carbocycles. The summed E-state index contributed by atoms with van der Waals surface area (Å²) in [5.74, 6) is -0.370. The second-order valence-corrected chi connectivity index (χ2v) is 5.77. The van der Waals surface area contributed by atoms with Gasteiger partial charge in [-0.25, -0.2) is 4.39 Å². The van der Waals surface area contributed by atoms with E-state index in [0.717, 1.165) is 12.1 Å². The Morgan fingerprint density at radius 3 is 2.89 bits per heavy atom. The number of nitrogens with zero attached hydrogens (tertiary/aromatic N) is 1. The van der Waals surface area contributed by atoms with Crippen LogP contribution in [0.3, 0.4) is 0 Å². The van der Waals surface area contributed by atoms with Gasteiger partial charge in [-0.15, -0.1) is 0 Å². The van der Waals surface area contributed by atoms with E-state index in [1.807, 2.05) is 0 Å². The zero-order valence-electron chi connectivity index (χ0n) is 11.4. The van der Waals surface area contributed by atoms with Crippen LogP contribution in [0.5, 0.6) is 0 Å². The van der Waals surface area contributed by atoms with Crippen molar-refractivity contribution in [2.75, 3.05) is 13.1 Å². The average Bonchev–Trinajstić information content (AvgIpc) is 2.60. The van der Waals surface area contributed by atoms with Gasteiger partial charge >= 0.3 is 0 Å². The summed E-state index contributed by atoms with van der Waals surface area (Å²) in [6.07, 6.45) is 4.96. The van der Waals surface area contributed by atoms with E-state index in [4.69, 9.17) is 17.3 Å². The predicted molar refractivity (Wildman–Crippen MR) is 77.8 cm³/mol. The fraction of sp³-hybridized carbons (Fsp3) is 0.600. The Morgan fingerprint density at radius 2 is 2.21 bits per heavy atom. The molecule has 0 bridgehead atoms. The lowest BCUT2D eigenvalue weighted by molar-refractivity contribution is 0.150. The lowest BCUT2D eigenvalue weighted by Crippen LogP contribution is -2.39. The number of halogens is 2. The fourth-order valence-corrected chi connectivity index (χ4v) is 3.13. The lowest BCUT2D eigenvalue weighted by Gasteiger charge is -2.35. The van der Waals surface area contributed by atoms with Crippen molar-refractivity contribution >= 4 is 11.6 Å². The molecule has 0 amide bonds. The molecule has 1 aromatic carbocycles. The molecule has 1 aliphatic heterocycles. The topological polar surface area (TPSA) is 29.3 Å². The van der Waals surface area contributed by atoms with Crippen LogP contribution in [0.25, 0.3) is 0 Å². The van der Waals surface area contributed by atoms with Crippen molar-refractivity contribution in [2.24, 2.45) is 5.73 Å². The van der Waals surface area contributed by atoms with Gasteiger partial charge in [-0.05, 0) is 44.0 Å². The molecular formula is C15H22ClFN2. The summed E-state index contributed by atoms with van der Waals surface area (Å²) in [6.45, 7) is 3.84. The normalized spacial score (nSPS) is 23.1. The molecule has 1 aliphatic rings. The van der Waals surface area contributed by atoms with Gasteiger partial charge in [-0.3, -0.25) is 4.90 Å². The minimum Gasteiger partial charge on any atom is -0.329 e. The van der Waals surface area contributed by atoms with Crippen LogP contribution in [0, 0.1) is 5.82 Å². The van der Waals surface area contributed by atoms with Gasteiger partial charge in [-0.2, -0.15) is 0 Å². The molecule has 0 aliphatic carbocycles. The molecule has 1 saturated heterocycles. The van der Waals surface area contributed by atoms with E-state index in [-0.39, 0.29) is 16.9 Å². The third kappa shape index (κ3) is 3.47. The second-order valence-electron chi connectivity index (χ2n) is 5.36. The highest BCUT2D eigenvalue weighted by atomic mass is 35.5. The zero-order valence-corrected chi connectivity index (χ0v) is 12.2. The molecule has 0 aromatic heterocycles. The lowest BCUT2D eigenvalue weighted by atomic mass is 10.0. The highest BCUT2D eigenvalue weighted by Crippen LogP contribution is 2.29. The number of nitrogens with two attached hydrogens (primary N) is 1. The number of benzene rings is 1. The van der Waals surface area contributed by atoms with Crippen LogP contribution < -0.4 is 5.73 Å². The Bertz CT molecular complexity index is 425. The Morgan fingerprint density at radius 1 is 1.42 bits per heavy atom. The van der Waals surface area contributed by atoms with Gasteiger partial charge in [0, 0.05) is 18.6 Å². The van der Waals surface area contributed by atoms with E-state index in [1.54, 1.807) is 12.1 Å². The van der Waals surface area contributed by atoms with Crippen LogP contribution in [0.15, 0.2) is 18.2 Å². The molecule has 2 N–H and O–H groups in total. The molecule has 19 heavy (non-hydrogen) atoms. The van der Waals surface area contributed by atoms with Crippen LogP contribution in [0.4, 0.5) is 4.39 Å². The first-order chi connectivity index (χ1) is 9.13. The predicted octanol–water partition coefficient (Wildman–Crippen LogP) is 3.74. The van der Waals surface area contributed by atoms with E-state index in [0.29, 0.717) is 12.6 Å². The van der Waals surface area contributed by atoms with Crippen molar-refractivity contribution in [3.63, 3.8) is 0 Å². The molecule has 1 aromatic rings. The minimum absolute atomic E-state index is 0.131. The standard InChI is InChI=1S/C15H22ClFN2/c1-11-5-3-2-4-8-19(11)15(10-18)12-6-7-14(17)13(16)9-12/h6-7,9,11,15H,2-5,8,10,18H2,1H3. The van der Waals surface area contributed by atoms with Gasteiger partial charge in [0.05, 0.1) is 5.02 Å². The quantitative estimate of drug-likeness (QED) is 0.916. The Labute approximate surface area is 119 Å². The molecule has 0 radical (unpaired) electrons. The SMILES string of the molecule is CC1CCCCCN1C(CN)c1ccc(F)c(Cl)c1. The smallest absolute Gasteiger partial charge is 0.141 e. The van der Waals surface area contributed by atoms with E-state index in [1.165, 1.54) is 31.7 Å². The average molecular weight is 285 g/mol. The summed E-state index contributed by atoms with van der Waals surface area (Å²) in [7, 11) is 0. The van der Waals surface area contributed by atoms with Crippen LogP contribution in [-0.4, -0.2) is 24.0 Å². The van der Waals surface area contributed by atoms with Crippen molar-refractivity contribution in [2.45, 2.75) is 44.7 Å². The maximum Gasteiger partial charge on any atom is 0.141 e. The largest absolute Gasteiger partial charge is 0.329 e. The van der Waals surface area contributed by atoms with E-state index < -0.39 is 0 Å². The fourth-order valence-electron chi connectivity index (χ4n) is 2.94. The first kappa shape index (κ1) is 14.8. The summed E-state index contributed by atoms with van der Waals surface area (Å²) >= 11 is 5.89. The second kappa shape index (κ2) is 6.69. The van der Waals surface area contributed by atoms with E-state index in [9.17, 15) is 4.39 Å².